The number of nitrogens with one attached hydrogen (secondary N) is 2. The average Bonchev–Trinajstić information content (AvgIpc) is 3.53. The maximum atomic E-state index is 13.9. The van der Waals surface area contributed by atoms with Gasteiger partial charge in [-0.25, -0.2) is 18.4 Å². The van der Waals surface area contributed by atoms with Gasteiger partial charge in [0, 0.05) is 28.3 Å². The Morgan fingerprint density at radius 3 is 2.55 bits per heavy atom. The first-order valence-corrected chi connectivity index (χ1v) is 13.4. The van der Waals surface area contributed by atoms with E-state index in [-0.39, 0.29) is 30.5 Å². The van der Waals surface area contributed by atoms with E-state index >= 15 is 0 Å². The first-order chi connectivity index (χ1) is 18.2. The highest BCUT2D eigenvalue weighted by Crippen LogP contribution is 2.33. The van der Waals surface area contributed by atoms with Gasteiger partial charge in [-0.15, -0.1) is 0 Å². The molecule has 1 amide bonds. The van der Waals surface area contributed by atoms with Crippen LogP contribution in [0.5, 0.6) is 0 Å². The van der Waals surface area contributed by atoms with E-state index in [4.69, 9.17) is 9.20 Å². The molecule has 0 spiro atoms. The summed E-state index contributed by atoms with van der Waals surface area (Å²) < 4.78 is 40.5. The fourth-order valence-corrected chi connectivity index (χ4v) is 4.82. The molecule has 190 valence electrons. The summed E-state index contributed by atoms with van der Waals surface area (Å²) in [5.41, 5.74) is 3.30. The fourth-order valence-electron chi connectivity index (χ4n) is 4.16. The van der Waals surface area contributed by atoms with Crippen LogP contribution in [0.3, 0.4) is 0 Å². The third kappa shape index (κ3) is 4.89. The minimum absolute atomic E-state index is 0.150. The van der Waals surface area contributed by atoms with Crippen LogP contribution in [-0.4, -0.2) is 30.9 Å². The summed E-state index contributed by atoms with van der Waals surface area (Å²) in [7, 11) is -2.78. The van der Waals surface area contributed by atoms with Crippen molar-refractivity contribution < 1.29 is 17.8 Å². The number of oxazole rings is 1. The Bertz CT molecular complexity index is 1790. The molecule has 11 heteroatoms. The van der Waals surface area contributed by atoms with Gasteiger partial charge in [0.2, 0.25) is 11.8 Å². The largest absolute Gasteiger partial charge is 0.443 e. The number of hydrogen-bond donors (Lipinski definition) is 2. The van der Waals surface area contributed by atoms with Crippen LogP contribution >= 0.6 is 0 Å². The Kier molecular flexibility index (Phi) is 6.48. The lowest BCUT2D eigenvalue weighted by molar-refractivity contribution is -0.121. The van der Waals surface area contributed by atoms with E-state index in [0.29, 0.717) is 27.2 Å². The Labute approximate surface area is 217 Å². The molecule has 1 unspecified atom stereocenters. The van der Waals surface area contributed by atoms with Crippen molar-refractivity contribution in [2.45, 2.75) is 18.0 Å². The van der Waals surface area contributed by atoms with Crippen molar-refractivity contribution in [3.05, 3.63) is 90.3 Å². The van der Waals surface area contributed by atoms with Crippen molar-refractivity contribution >= 4 is 26.5 Å². The minimum Gasteiger partial charge on any atom is -0.443 e. The quantitative estimate of drug-likeness (QED) is 0.314. The number of benzene rings is 2. The second-order valence-corrected chi connectivity index (χ2v) is 10.8. The van der Waals surface area contributed by atoms with E-state index in [9.17, 15) is 18.7 Å². The van der Waals surface area contributed by atoms with Gasteiger partial charge in [-0.3, -0.25) is 9.78 Å². The number of nitriles is 1. The SMILES string of the molecule is CS(=N)(=O)c1ccc(-c2ccc(CNC(=O)Cn3c(-c4ncco4)c(C#N)c4cc(F)ccc43)nc2)cc1. The molecule has 3 aromatic heterocycles. The molecule has 2 aromatic carbocycles. The number of fused-ring (bicyclic) bond motifs is 1. The van der Waals surface area contributed by atoms with Crippen LogP contribution in [0.2, 0.25) is 0 Å². The highest BCUT2D eigenvalue weighted by Gasteiger charge is 2.23. The molecule has 0 radical (unpaired) electrons. The van der Waals surface area contributed by atoms with Gasteiger partial charge in [-0.1, -0.05) is 18.2 Å². The minimum atomic E-state index is -2.78. The van der Waals surface area contributed by atoms with E-state index < -0.39 is 15.5 Å². The highest BCUT2D eigenvalue weighted by molar-refractivity contribution is 7.91. The number of carbonyl (C=O) groups is 1. The monoisotopic (exact) mass is 528 g/mol. The van der Waals surface area contributed by atoms with Gasteiger partial charge in [-0.2, -0.15) is 5.26 Å². The highest BCUT2D eigenvalue weighted by atomic mass is 32.2. The predicted molar refractivity (Wildman–Crippen MR) is 139 cm³/mol. The molecular weight excluding hydrogens is 507 g/mol. The summed E-state index contributed by atoms with van der Waals surface area (Å²) in [6.45, 7) is 0.0185. The number of amides is 1. The van der Waals surface area contributed by atoms with Crippen molar-refractivity contribution in [3.8, 4) is 28.8 Å². The van der Waals surface area contributed by atoms with Gasteiger partial charge in [0.1, 0.15) is 30.4 Å². The first-order valence-electron chi connectivity index (χ1n) is 11.4. The molecular formula is C27H21FN6O3S. The third-order valence-electron chi connectivity index (χ3n) is 6.00. The molecule has 0 fully saturated rings. The van der Waals surface area contributed by atoms with Crippen LogP contribution < -0.4 is 5.32 Å². The first kappa shape index (κ1) is 24.9. The number of aromatic nitrogens is 3. The molecule has 0 aliphatic rings. The summed E-state index contributed by atoms with van der Waals surface area (Å²) in [5, 5.41) is 13.0. The van der Waals surface area contributed by atoms with Gasteiger partial charge in [0.25, 0.3) is 0 Å². The van der Waals surface area contributed by atoms with Crippen LogP contribution in [0.4, 0.5) is 4.39 Å². The van der Waals surface area contributed by atoms with Crippen LogP contribution in [0.15, 0.2) is 82.6 Å². The van der Waals surface area contributed by atoms with Crippen molar-refractivity contribution in [2.75, 3.05) is 6.26 Å². The second-order valence-electron chi connectivity index (χ2n) is 8.60. The number of hydrogen-bond acceptors (Lipinski definition) is 7. The van der Waals surface area contributed by atoms with E-state index in [2.05, 4.69) is 21.4 Å². The van der Waals surface area contributed by atoms with Crippen molar-refractivity contribution in [2.24, 2.45) is 0 Å². The molecule has 0 saturated carbocycles. The Morgan fingerprint density at radius 1 is 1.16 bits per heavy atom. The molecule has 0 bridgehead atoms. The van der Waals surface area contributed by atoms with E-state index in [1.165, 1.54) is 36.9 Å². The predicted octanol–water partition coefficient (Wildman–Crippen LogP) is 4.72. The van der Waals surface area contributed by atoms with Gasteiger partial charge in [-0.05, 0) is 42.0 Å². The average molecular weight is 529 g/mol. The van der Waals surface area contributed by atoms with Crippen LogP contribution in [0, 0.1) is 21.9 Å². The number of halogens is 1. The number of pyridine rings is 1. The zero-order valence-corrected chi connectivity index (χ0v) is 21.0. The topological polar surface area (TPSA) is 138 Å². The molecule has 0 saturated heterocycles. The summed E-state index contributed by atoms with van der Waals surface area (Å²) in [6.07, 6.45) is 5.84. The molecule has 5 aromatic rings. The van der Waals surface area contributed by atoms with Crippen molar-refractivity contribution in [3.63, 3.8) is 0 Å². The van der Waals surface area contributed by atoms with Crippen LogP contribution in [0.25, 0.3) is 33.6 Å². The summed E-state index contributed by atoms with van der Waals surface area (Å²) >= 11 is 0. The lowest BCUT2D eigenvalue weighted by Crippen LogP contribution is -2.27. The number of nitrogens with zero attached hydrogens (tertiary/aromatic N) is 4. The number of carbonyl (C=O) groups excluding carboxylic acids is 1. The van der Waals surface area contributed by atoms with Gasteiger partial charge in [0.15, 0.2) is 0 Å². The lowest BCUT2D eigenvalue weighted by Gasteiger charge is -2.10. The molecule has 3 heterocycles. The smallest absolute Gasteiger partial charge is 0.244 e. The standard InChI is InChI=1S/C27H21FN6O3S/c1-38(30,36)21-7-3-17(4-8-21)18-2-6-20(32-14-18)15-33-25(35)16-34-24-9-5-19(28)12-22(24)23(13-29)26(34)27-31-10-11-37-27/h2-12,14,30H,15-16H2,1H3,(H,33,35). The zero-order valence-electron chi connectivity index (χ0n) is 20.1. The molecule has 0 aliphatic heterocycles. The second kappa shape index (κ2) is 9.91. The Balaban J connectivity index is 1.33. The molecule has 5 rings (SSSR count). The maximum absolute atomic E-state index is 13.9. The molecule has 2 N–H and O–H groups in total. The van der Waals surface area contributed by atoms with E-state index in [1.807, 2.05) is 6.07 Å². The summed E-state index contributed by atoms with van der Waals surface area (Å²) in [5.74, 6) is -0.690. The normalized spacial score (nSPS) is 12.7. The summed E-state index contributed by atoms with van der Waals surface area (Å²) in [6, 6.07) is 16.7. The van der Waals surface area contributed by atoms with Crippen LogP contribution in [-0.2, 0) is 27.6 Å². The Morgan fingerprint density at radius 2 is 1.92 bits per heavy atom. The molecule has 38 heavy (non-hydrogen) atoms. The van der Waals surface area contributed by atoms with Gasteiger partial charge < -0.3 is 14.3 Å². The van der Waals surface area contributed by atoms with Crippen molar-refractivity contribution in [1.29, 1.82) is 10.0 Å². The zero-order chi connectivity index (χ0) is 26.9. The fraction of sp³-hybridized carbons (Fsp3) is 0.111. The third-order valence-corrected chi connectivity index (χ3v) is 7.17. The Hall–Kier alpha value is -4.82. The van der Waals surface area contributed by atoms with E-state index in [0.717, 1.165) is 11.1 Å². The van der Waals surface area contributed by atoms with E-state index in [1.54, 1.807) is 41.1 Å². The summed E-state index contributed by atoms with van der Waals surface area (Å²) in [4.78, 5) is 21.9. The van der Waals surface area contributed by atoms with Crippen molar-refractivity contribution in [1.82, 2.24) is 19.9 Å². The lowest BCUT2D eigenvalue weighted by atomic mass is 10.1. The van der Waals surface area contributed by atoms with Gasteiger partial charge >= 0.3 is 0 Å². The van der Waals surface area contributed by atoms with Crippen LogP contribution in [0.1, 0.15) is 11.3 Å². The molecule has 1 atom stereocenters. The number of rotatable bonds is 7. The maximum Gasteiger partial charge on any atom is 0.244 e. The molecule has 9 nitrogen and oxygen atoms in total. The van der Waals surface area contributed by atoms with Gasteiger partial charge in [0.05, 0.1) is 39.2 Å². The molecule has 0 aliphatic carbocycles.